The summed E-state index contributed by atoms with van der Waals surface area (Å²) in [4.78, 5) is 9.41. The van der Waals surface area contributed by atoms with Crippen LogP contribution >= 0.6 is 0 Å². The molecule has 0 amide bonds. The third-order valence-corrected chi connectivity index (χ3v) is 6.87. The van der Waals surface area contributed by atoms with E-state index in [1.54, 1.807) is 0 Å². The lowest BCUT2D eigenvalue weighted by atomic mass is 9.92. The minimum atomic E-state index is 0.120. The van der Waals surface area contributed by atoms with Crippen molar-refractivity contribution < 1.29 is 4.42 Å². The summed E-state index contributed by atoms with van der Waals surface area (Å²) in [5.41, 5.74) is 8.99. The molecule has 1 aliphatic heterocycles. The maximum absolute atomic E-state index is 6.37. The first-order valence-electron chi connectivity index (χ1n) is 11.9. The predicted octanol–water partition coefficient (Wildman–Crippen LogP) is 7.99. The van der Waals surface area contributed by atoms with Gasteiger partial charge in [0.2, 0.25) is 5.71 Å². The van der Waals surface area contributed by atoms with Crippen molar-refractivity contribution in [1.29, 1.82) is 0 Å². The van der Waals surface area contributed by atoms with Crippen LogP contribution in [0.5, 0.6) is 0 Å². The molecule has 0 aliphatic carbocycles. The van der Waals surface area contributed by atoms with E-state index < -0.39 is 0 Å². The van der Waals surface area contributed by atoms with Gasteiger partial charge in [-0.25, -0.2) is 4.98 Å². The highest BCUT2D eigenvalue weighted by molar-refractivity contribution is 6.08. The van der Waals surface area contributed by atoms with Crippen molar-refractivity contribution in [3.63, 3.8) is 0 Å². The molecule has 4 heteroatoms. The van der Waals surface area contributed by atoms with Crippen LogP contribution in [0.15, 0.2) is 59.3 Å². The Bertz CT molecular complexity index is 1350. The summed E-state index contributed by atoms with van der Waals surface area (Å²) in [6, 6.07) is 15.3. The summed E-state index contributed by atoms with van der Waals surface area (Å²) in [5.74, 6) is 0.895. The number of nitrogens with zero attached hydrogens (tertiary/aromatic N) is 3. The van der Waals surface area contributed by atoms with Crippen molar-refractivity contribution in [3.05, 3.63) is 77.2 Å². The molecule has 170 valence electrons. The van der Waals surface area contributed by atoms with Crippen molar-refractivity contribution in [2.75, 3.05) is 9.80 Å². The van der Waals surface area contributed by atoms with Gasteiger partial charge in [-0.05, 0) is 61.4 Å². The van der Waals surface area contributed by atoms with E-state index >= 15 is 0 Å². The van der Waals surface area contributed by atoms with Crippen LogP contribution in [0.4, 0.5) is 11.4 Å². The maximum atomic E-state index is 6.37. The number of hydrogen-bond acceptors (Lipinski definition) is 4. The van der Waals surface area contributed by atoms with Gasteiger partial charge in [-0.3, -0.25) is 0 Å². The number of furan rings is 1. The number of anilines is 2. The highest BCUT2D eigenvalue weighted by Gasteiger charge is 2.31. The fourth-order valence-corrected chi connectivity index (χ4v) is 5.08. The molecule has 0 N–H and O–H groups in total. The molecular formula is C29H33N3O. The average molecular weight is 440 g/mol. The van der Waals surface area contributed by atoms with Gasteiger partial charge in [0.1, 0.15) is 6.17 Å². The lowest BCUT2D eigenvalue weighted by Crippen LogP contribution is -2.37. The minimum absolute atomic E-state index is 0.120. The lowest BCUT2D eigenvalue weighted by Gasteiger charge is -2.34. The quantitative estimate of drug-likeness (QED) is 0.322. The standard InChI is InChI=1S/C29H33N3O/c1-17(2)22-9-8-10-23(18(3)4)27(22)32-16-15-31(21(32)7)26-19(5)11-13-24-25-14-12-20(6)30-29(25)33-28(24)26/h8-18,21H,1-7H3. The topological polar surface area (TPSA) is 32.5 Å². The molecular weight excluding hydrogens is 406 g/mol. The molecule has 2 aromatic carbocycles. The number of pyridine rings is 1. The van der Waals surface area contributed by atoms with Crippen molar-refractivity contribution in [2.45, 2.75) is 66.5 Å². The molecule has 33 heavy (non-hydrogen) atoms. The third kappa shape index (κ3) is 3.40. The highest BCUT2D eigenvalue weighted by atomic mass is 16.3. The Morgan fingerprint density at radius 2 is 1.39 bits per heavy atom. The number of hydrogen-bond donors (Lipinski definition) is 0. The van der Waals surface area contributed by atoms with Gasteiger partial charge in [-0.2, -0.15) is 0 Å². The van der Waals surface area contributed by atoms with Crippen LogP contribution in [-0.4, -0.2) is 11.1 Å². The molecule has 5 rings (SSSR count). The molecule has 1 aliphatic rings. The van der Waals surface area contributed by atoms with Crippen LogP contribution in [0.2, 0.25) is 0 Å². The van der Waals surface area contributed by atoms with Gasteiger partial charge in [0, 0.05) is 34.6 Å². The normalized spacial score (nSPS) is 16.3. The van der Waals surface area contributed by atoms with E-state index in [2.05, 4.69) is 105 Å². The smallest absolute Gasteiger partial charge is 0.227 e. The molecule has 0 fully saturated rings. The SMILES string of the molecule is Cc1ccc2c(n1)oc1c(N3C=CN(c4c(C(C)C)cccc4C(C)C)C3C)c(C)ccc12. The van der Waals surface area contributed by atoms with Crippen LogP contribution in [0.3, 0.4) is 0 Å². The highest BCUT2D eigenvalue weighted by Crippen LogP contribution is 2.43. The van der Waals surface area contributed by atoms with E-state index in [4.69, 9.17) is 4.42 Å². The molecule has 4 nitrogen and oxygen atoms in total. The first-order valence-corrected chi connectivity index (χ1v) is 11.9. The van der Waals surface area contributed by atoms with Gasteiger partial charge in [0.15, 0.2) is 5.58 Å². The second-order valence-corrected chi connectivity index (χ2v) is 9.85. The Morgan fingerprint density at radius 1 is 0.788 bits per heavy atom. The molecule has 0 spiro atoms. The molecule has 4 aromatic rings. The van der Waals surface area contributed by atoms with Gasteiger partial charge in [0.25, 0.3) is 0 Å². The zero-order valence-electron chi connectivity index (χ0n) is 20.7. The third-order valence-electron chi connectivity index (χ3n) is 6.87. The van der Waals surface area contributed by atoms with Crippen LogP contribution in [0, 0.1) is 13.8 Å². The number of para-hydroxylation sites is 1. The molecule has 0 saturated heterocycles. The Balaban J connectivity index is 1.65. The molecule has 0 radical (unpaired) electrons. The summed E-state index contributed by atoms with van der Waals surface area (Å²) in [7, 11) is 0. The molecule has 3 heterocycles. The second kappa shape index (κ2) is 7.95. The average Bonchev–Trinajstić information content (AvgIpc) is 3.32. The Hall–Kier alpha value is -3.27. The second-order valence-electron chi connectivity index (χ2n) is 9.85. The fourth-order valence-electron chi connectivity index (χ4n) is 5.08. The monoisotopic (exact) mass is 439 g/mol. The predicted molar refractivity (Wildman–Crippen MR) is 139 cm³/mol. The lowest BCUT2D eigenvalue weighted by molar-refractivity contribution is 0.647. The number of benzene rings is 2. The number of rotatable bonds is 4. The van der Waals surface area contributed by atoms with Crippen molar-refractivity contribution in [3.8, 4) is 0 Å². The van der Waals surface area contributed by atoms with E-state index in [9.17, 15) is 0 Å². The van der Waals surface area contributed by atoms with Crippen LogP contribution in [0.25, 0.3) is 22.1 Å². The largest absolute Gasteiger partial charge is 0.435 e. The summed E-state index contributed by atoms with van der Waals surface area (Å²) in [5, 5.41) is 2.18. The fraction of sp³-hybridized carbons (Fsp3) is 0.345. The maximum Gasteiger partial charge on any atom is 0.227 e. The molecule has 2 aromatic heterocycles. The number of aryl methyl sites for hydroxylation is 2. The van der Waals surface area contributed by atoms with Gasteiger partial charge in [-0.15, -0.1) is 0 Å². The van der Waals surface area contributed by atoms with E-state index in [1.807, 2.05) is 13.0 Å². The Morgan fingerprint density at radius 3 is 2.03 bits per heavy atom. The molecule has 0 bridgehead atoms. The Kier molecular flexibility index (Phi) is 5.19. The van der Waals surface area contributed by atoms with E-state index in [1.165, 1.54) is 22.4 Å². The van der Waals surface area contributed by atoms with Gasteiger partial charge < -0.3 is 14.2 Å². The number of aromatic nitrogens is 1. The van der Waals surface area contributed by atoms with Crippen molar-refractivity contribution in [2.24, 2.45) is 0 Å². The first kappa shape index (κ1) is 21.6. The van der Waals surface area contributed by atoms with E-state index in [0.717, 1.165) is 27.7 Å². The van der Waals surface area contributed by atoms with Crippen LogP contribution in [0.1, 0.15) is 68.8 Å². The van der Waals surface area contributed by atoms with Crippen molar-refractivity contribution in [1.82, 2.24) is 4.98 Å². The first-order chi connectivity index (χ1) is 15.8. The summed E-state index contributed by atoms with van der Waals surface area (Å²) >= 11 is 0. The summed E-state index contributed by atoms with van der Waals surface area (Å²) in [6.07, 6.45) is 4.54. The van der Waals surface area contributed by atoms with Crippen molar-refractivity contribution >= 4 is 33.4 Å². The number of fused-ring (bicyclic) bond motifs is 3. The van der Waals surface area contributed by atoms with Crippen LogP contribution < -0.4 is 9.80 Å². The van der Waals surface area contributed by atoms with E-state index in [0.29, 0.717) is 17.5 Å². The zero-order chi connectivity index (χ0) is 23.4. The Labute approximate surface area is 196 Å². The van der Waals surface area contributed by atoms with Gasteiger partial charge in [-0.1, -0.05) is 58.0 Å². The van der Waals surface area contributed by atoms with Gasteiger partial charge in [0.05, 0.1) is 5.69 Å². The molecule has 1 unspecified atom stereocenters. The molecule has 1 atom stereocenters. The van der Waals surface area contributed by atoms with Gasteiger partial charge >= 0.3 is 0 Å². The summed E-state index contributed by atoms with van der Waals surface area (Å²) < 4.78 is 6.37. The molecule has 0 saturated carbocycles. The minimum Gasteiger partial charge on any atom is -0.435 e. The van der Waals surface area contributed by atoms with E-state index in [-0.39, 0.29) is 6.17 Å². The van der Waals surface area contributed by atoms with Crippen LogP contribution in [-0.2, 0) is 0 Å². The summed E-state index contributed by atoms with van der Waals surface area (Å²) in [6.45, 7) is 15.5. The zero-order valence-corrected chi connectivity index (χ0v) is 20.7.